The normalized spacial score (nSPS) is 21.8. The number of rotatable bonds is 6. The van der Waals surface area contributed by atoms with Crippen LogP contribution >= 0.6 is 0 Å². The van der Waals surface area contributed by atoms with Gasteiger partial charge < -0.3 is 15.1 Å². The van der Waals surface area contributed by atoms with E-state index in [0.29, 0.717) is 11.6 Å². The maximum absolute atomic E-state index is 3.24. The highest BCUT2D eigenvalue weighted by Gasteiger charge is 2.40. The predicted molar refractivity (Wildman–Crippen MR) is 66.3 cm³/mol. The zero-order valence-corrected chi connectivity index (χ0v) is 11.0. The van der Waals surface area contributed by atoms with Gasteiger partial charge in [0.15, 0.2) is 0 Å². The number of hydrogen-bond donors (Lipinski definition) is 1. The average molecular weight is 213 g/mol. The van der Waals surface area contributed by atoms with Gasteiger partial charge in [0, 0.05) is 24.7 Å². The molecule has 1 aliphatic carbocycles. The van der Waals surface area contributed by atoms with Gasteiger partial charge in [0.05, 0.1) is 0 Å². The first kappa shape index (κ1) is 12.9. The summed E-state index contributed by atoms with van der Waals surface area (Å²) in [6, 6.07) is 0.618. The van der Waals surface area contributed by atoms with Gasteiger partial charge in [-0.3, -0.25) is 0 Å². The number of nitrogens with zero attached hydrogens (tertiary/aromatic N) is 2. The smallest absolute Gasteiger partial charge is 0.0330 e. The summed E-state index contributed by atoms with van der Waals surface area (Å²) in [6.45, 7) is 4.56. The Hall–Kier alpha value is -0.120. The van der Waals surface area contributed by atoms with Gasteiger partial charge in [-0.05, 0) is 54.4 Å². The molecule has 1 atom stereocenters. The van der Waals surface area contributed by atoms with E-state index in [4.69, 9.17) is 0 Å². The van der Waals surface area contributed by atoms with Gasteiger partial charge in [-0.2, -0.15) is 0 Å². The molecule has 0 amide bonds. The van der Waals surface area contributed by atoms with Crippen molar-refractivity contribution in [2.45, 2.75) is 37.8 Å². The summed E-state index contributed by atoms with van der Waals surface area (Å²) >= 11 is 0. The highest BCUT2D eigenvalue weighted by atomic mass is 15.2. The molecule has 3 nitrogen and oxygen atoms in total. The van der Waals surface area contributed by atoms with Crippen LogP contribution in [0.25, 0.3) is 0 Å². The number of hydrogen-bond acceptors (Lipinski definition) is 3. The maximum atomic E-state index is 3.24. The van der Waals surface area contributed by atoms with E-state index < -0.39 is 0 Å². The van der Waals surface area contributed by atoms with Crippen LogP contribution in [-0.2, 0) is 0 Å². The molecule has 0 aromatic rings. The van der Waals surface area contributed by atoms with E-state index >= 15 is 0 Å². The lowest BCUT2D eigenvalue weighted by Gasteiger charge is -2.50. The Kier molecular flexibility index (Phi) is 4.56. The van der Waals surface area contributed by atoms with Crippen molar-refractivity contribution in [1.82, 2.24) is 15.1 Å². The molecule has 0 spiro atoms. The third-order valence-corrected chi connectivity index (χ3v) is 4.03. The Morgan fingerprint density at radius 3 is 2.20 bits per heavy atom. The number of nitrogens with one attached hydrogen (secondary N) is 1. The molecule has 90 valence electrons. The summed E-state index contributed by atoms with van der Waals surface area (Å²) in [5.74, 6) is 0. The quantitative estimate of drug-likeness (QED) is 0.710. The molecule has 1 fully saturated rings. The monoisotopic (exact) mass is 213 g/mol. The second-order valence-corrected chi connectivity index (χ2v) is 5.29. The molecule has 0 radical (unpaired) electrons. The van der Waals surface area contributed by atoms with E-state index in [0.717, 1.165) is 6.54 Å². The van der Waals surface area contributed by atoms with Crippen molar-refractivity contribution < 1.29 is 0 Å². The average Bonchev–Trinajstić information content (AvgIpc) is 2.10. The molecule has 0 saturated heterocycles. The Balaban J connectivity index is 2.44. The lowest BCUT2D eigenvalue weighted by atomic mass is 9.75. The first-order chi connectivity index (χ1) is 7.02. The van der Waals surface area contributed by atoms with Crippen LogP contribution in [0.15, 0.2) is 0 Å². The zero-order valence-electron chi connectivity index (χ0n) is 11.0. The predicted octanol–water partition coefficient (Wildman–Crippen LogP) is 1.01. The van der Waals surface area contributed by atoms with Crippen molar-refractivity contribution in [1.29, 1.82) is 0 Å². The maximum Gasteiger partial charge on any atom is 0.0330 e. The van der Waals surface area contributed by atoms with Crippen LogP contribution in [0.5, 0.6) is 0 Å². The molecule has 0 aromatic heterocycles. The molecule has 0 bridgehead atoms. The molecule has 1 N–H and O–H groups in total. The highest BCUT2D eigenvalue weighted by molar-refractivity contribution is 4.98. The molecule has 0 aromatic carbocycles. The minimum Gasteiger partial charge on any atom is -0.318 e. The summed E-state index contributed by atoms with van der Waals surface area (Å²) in [5.41, 5.74) is 0.455. The Bertz CT molecular complexity index is 187. The summed E-state index contributed by atoms with van der Waals surface area (Å²) < 4.78 is 0. The number of likely N-dealkylation sites (N-methyl/N-ethyl adjacent to an activating group) is 3. The summed E-state index contributed by atoms with van der Waals surface area (Å²) in [6.07, 6.45) is 4.11. The zero-order chi connectivity index (χ0) is 11.5. The van der Waals surface area contributed by atoms with Crippen LogP contribution in [0.3, 0.4) is 0 Å². The Morgan fingerprint density at radius 1 is 1.27 bits per heavy atom. The van der Waals surface area contributed by atoms with Crippen LogP contribution in [-0.4, -0.2) is 62.7 Å². The van der Waals surface area contributed by atoms with Crippen LogP contribution in [0.4, 0.5) is 0 Å². The van der Waals surface area contributed by atoms with Gasteiger partial charge in [0.2, 0.25) is 0 Å². The van der Waals surface area contributed by atoms with Crippen LogP contribution < -0.4 is 5.32 Å². The van der Waals surface area contributed by atoms with E-state index in [1.807, 2.05) is 7.05 Å². The fraction of sp³-hybridized carbons (Fsp3) is 1.00. The lowest BCUT2D eigenvalue weighted by Crippen LogP contribution is -2.58. The SMILES string of the molecule is CNCC(C)N(C)CC1(N(C)C)CCC1. The van der Waals surface area contributed by atoms with Gasteiger partial charge in [0.25, 0.3) is 0 Å². The Morgan fingerprint density at radius 2 is 1.87 bits per heavy atom. The van der Waals surface area contributed by atoms with Crippen LogP contribution in [0, 0.1) is 0 Å². The lowest BCUT2D eigenvalue weighted by molar-refractivity contribution is 0.0184. The topological polar surface area (TPSA) is 18.5 Å². The summed E-state index contributed by atoms with van der Waals surface area (Å²) in [5, 5.41) is 3.24. The molecular weight excluding hydrogens is 186 g/mol. The van der Waals surface area contributed by atoms with E-state index in [1.54, 1.807) is 0 Å². The first-order valence-electron chi connectivity index (χ1n) is 6.04. The highest BCUT2D eigenvalue weighted by Crippen LogP contribution is 2.36. The van der Waals surface area contributed by atoms with Crippen LogP contribution in [0.2, 0.25) is 0 Å². The van der Waals surface area contributed by atoms with Gasteiger partial charge in [-0.15, -0.1) is 0 Å². The second kappa shape index (κ2) is 5.28. The van der Waals surface area contributed by atoms with Crippen molar-refractivity contribution in [2.75, 3.05) is 41.3 Å². The minimum absolute atomic E-state index is 0.455. The van der Waals surface area contributed by atoms with Crippen molar-refractivity contribution in [3.63, 3.8) is 0 Å². The third-order valence-electron chi connectivity index (χ3n) is 4.03. The van der Waals surface area contributed by atoms with E-state index in [-0.39, 0.29) is 0 Å². The standard InChI is InChI=1S/C12H27N3/c1-11(9-13-2)15(5)10-12(14(3)4)7-6-8-12/h11,13H,6-10H2,1-5H3. The molecule has 15 heavy (non-hydrogen) atoms. The van der Waals surface area contributed by atoms with E-state index in [1.165, 1.54) is 25.8 Å². The van der Waals surface area contributed by atoms with Crippen LogP contribution in [0.1, 0.15) is 26.2 Å². The molecule has 1 aliphatic rings. The van der Waals surface area contributed by atoms with Crippen molar-refractivity contribution in [2.24, 2.45) is 0 Å². The molecule has 1 rings (SSSR count). The van der Waals surface area contributed by atoms with Gasteiger partial charge in [0.1, 0.15) is 0 Å². The minimum atomic E-state index is 0.455. The molecule has 3 heteroatoms. The van der Waals surface area contributed by atoms with Crippen molar-refractivity contribution in [3.8, 4) is 0 Å². The van der Waals surface area contributed by atoms with E-state index in [9.17, 15) is 0 Å². The largest absolute Gasteiger partial charge is 0.318 e. The summed E-state index contributed by atoms with van der Waals surface area (Å²) in [4.78, 5) is 4.90. The molecule has 1 unspecified atom stereocenters. The van der Waals surface area contributed by atoms with E-state index in [2.05, 4.69) is 43.2 Å². The van der Waals surface area contributed by atoms with Crippen molar-refractivity contribution >= 4 is 0 Å². The summed E-state index contributed by atoms with van der Waals surface area (Å²) in [7, 11) is 8.70. The molecular formula is C12H27N3. The molecule has 1 saturated carbocycles. The fourth-order valence-electron chi connectivity index (χ4n) is 2.40. The van der Waals surface area contributed by atoms with Gasteiger partial charge in [-0.1, -0.05) is 0 Å². The Labute approximate surface area is 94.8 Å². The second-order valence-electron chi connectivity index (χ2n) is 5.29. The molecule has 0 heterocycles. The van der Waals surface area contributed by atoms with Crippen molar-refractivity contribution in [3.05, 3.63) is 0 Å². The fourth-order valence-corrected chi connectivity index (χ4v) is 2.40. The van der Waals surface area contributed by atoms with Gasteiger partial charge in [-0.25, -0.2) is 0 Å². The first-order valence-corrected chi connectivity index (χ1v) is 6.04. The third kappa shape index (κ3) is 2.92. The molecule has 0 aliphatic heterocycles. The van der Waals surface area contributed by atoms with Gasteiger partial charge >= 0.3 is 0 Å².